The van der Waals surface area contributed by atoms with Gasteiger partial charge in [0, 0.05) is 11.5 Å². The number of rotatable bonds is 1. The highest BCUT2D eigenvalue weighted by molar-refractivity contribution is 9.11. The van der Waals surface area contributed by atoms with Crippen molar-refractivity contribution in [2.24, 2.45) is 5.92 Å². The number of hydrogen-bond acceptors (Lipinski definition) is 3. The molecule has 0 aromatic carbocycles. The Morgan fingerprint density at radius 1 is 1.57 bits per heavy atom. The van der Waals surface area contributed by atoms with Crippen molar-refractivity contribution in [2.45, 2.75) is 18.9 Å². The lowest BCUT2D eigenvalue weighted by Gasteiger charge is -2.26. The molecule has 74 valence electrons. The molecule has 4 heteroatoms. The van der Waals surface area contributed by atoms with Gasteiger partial charge in [-0.2, -0.15) is 5.26 Å². The molecule has 1 aliphatic rings. The van der Waals surface area contributed by atoms with Crippen LogP contribution in [0.3, 0.4) is 0 Å². The summed E-state index contributed by atoms with van der Waals surface area (Å²) in [5, 5.41) is 8.99. The lowest BCUT2D eigenvalue weighted by Crippen LogP contribution is -2.20. The highest BCUT2D eigenvalue weighted by Crippen LogP contribution is 2.37. The molecule has 1 aliphatic heterocycles. The van der Waals surface area contributed by atoms with Gasteiger partial charge in [0.1, 0.15) is 6.10 Å². The number of ether oxygens (including phenoxy) is 1. The highest BCUT2D eigenvalue weighted by Gasteiger charge is 2.28. The molecule has 0 radical (unpaired) electrons. The van der Waals surface area contributed by atoms with Crippen LogP contribution in [0.4, 0.5) is 0 Å². The molecule has 2 rings (SSSR count). The summed E-state index contributed by atoms with van der Waals surface area (Å²) < 4.78 is 6.74. The number of nitriles is 1. The molecule has 2 heterocycles. The maximum atomic E-state index is 8.99. The Hall–Kier alpha value is -0.370. The van der Waals surface area contributed by atoms with Gasteiger partial charge in [0.15, 0.2) is 0 Å². The highest BCUT2D eigenvalue weighted by atomic mass is 79.9. The first kappa shape index (κ1) is 10.2. The fourth-order valence-electron chi connectivity index (χ4n) is 1.67. The van der Waals surface area contributed by atoms with E-state index in [4.69, 9.17) is 10.00 Å². The van der Waals surface area contributed by atoms with Gasteiger partial charge in [0.05, 0.1) is 15.8 Å². The second-order valence-electron chi connectivity index (χ2n) is 3.31. The van der Waals surface area contributed by atoms with Crippen molar-refractivity contribution < 1.29 is 4.74 Å². The van der Waals surface area contributed by atoms with Crippen molar-refractivity contribution in [3.63, 3.8) is 0 Å². The van der Waals surface area contributed by atoms with Crippen LogP contribution in [0.15, 0.2) is 15.9 Å². The van der Waals surface area contributed by atoms with Gasteiger partial charge in [-0.1, -0.05) is 0 Å². The molecule has 0 amide bonds. The molecular formula is C10H10BrNOS. The summed E-state index contributed by atoms with van der Waals surface area (Å²) in [7, 11) is 0. The van der Waals surface area contributed by atoms with E-state index in [1.54, 1.807) is 11.3 Å². The van der Waals surface area contributed by atoms with Crippen LogP contribution in [0.5, 0.6) is 0 Å². The molecule has 0 N–H and O–H groups in total. The summed E-state index contributed by atoms with van der Waals surface area (Å²) in [6.45, 7) is 0.776. The van der Waals surface area contributed by atoms with Crippen LogP contribution in [-0.2, 0) is 4.74 Å². The van der Waals surface area contributed by atoms with Crippen molar-refractivity contribution >= 4 is 27.3 Å². The van der Waals surface area contributed by atoms with Crippen molar-refractivity contribution in [1.29, 1.82) is 5.26 Å². The first-order chi connectivity index (χ1) is 6.81. The fourth-order valence-corrected chi connectivity index (χ4v) is 3.21. The molecule has 1 saturated heterocycles. The van der Waals surface area contributed by atoms with E-state index in [0.29, 0.717) is 0 Å². The maximum absolute atomic E-state index is 8.99. The summed E-state index contributed by atoms with van der Waals surface area (Å²) in [6, 6.07) is 6.37. The monoisotopic (exact) mass is 271 g/mol. The summed E-state index contributed by atoms with van der Waals surface area (Å²) in [6.07, 6.45) is 1.95. The molecule has 0 spiro atoms. The minimum atomic E-state index is -0.00921. The smallest absolute Gasteiger partial charge is 0.107 e. The SMILES string of the molecule is N#CC1CCCOC1c1ccc(Br)s1. The molecule has 1 fully saturated rings. The molecule has 1 aromatic rings. The van der Waals surface area contributed by atoms with Gasteiger partial charge in [-0.05, 0) is 40.9 Å². The van der Waals surface area contributed by atoms with E-state index < -0.39 is 0 Å². The second kappa shape index (κ2) is 4.43. The minimum absolute atomic E-state index is 0.00921. The Morgan fingerprint density at radius 3 is 3.07 bits per heavy atom. The quantitative estimate of drug-likeness (QED) is 0.783. The summed E-state index contributed by atoms with van der Waals surface area (Å²) in [4.78, 5) is 1.16. The van der Waals surface area contributed by atoms with E-state index in [0.717, 1.165) is 28.1 Å². The lowest BCUT2D eigenvalue weighted by molar-refractivity contribution is -0.00791. The van der Waals surface area contributed by atoms with E-state index in [-0.39, 0.29) is 12.0 Å². The standard InChI is InChI=1S/C10H10BrNOS/c11-9-4-3-8(14-9)10-7(6-12)2-1-5-13-10/h3-4,7,10H,1-2,5H2. The van der Waals surface area contributed by atoms with E-state index in [9.17, 15) is 0 Å². The predicted molar refractivity (Wildman–Crippen MR) is 59.0 cm³/mol. The fraction of sp³-hybridized carbons (Fsp3) is 0.500. The Labute approximate surface area is 95.6 Å². The van der Waals surface area contributed by atoms with Gasteiger partial charge in [0.25, 0.3) is 0 Å². The van der Waals surface area contributed by atoms with Crippen molar-refractivity contribution in [3.8, 4) is 6.07 Å². The number of halogens is 1. The van der Waals surface area contributed by atoms with Crippen LogP contribution in [0, 0.1) is 17.2 Å². The van der Waals surface area contributed by atoms with E-state index in [1.165, 1.54) is 0 Å². The zero-order chi connectivity index (χ0) is 9.97. The third-order valence-electron chi connectivity index (χ3n) is 2.36. The largest absolute Gasteiger partial charge is 0.371 e. The minimum Gasteiger partial charge on any atom is -0.371 e. The first-order valence-electron chi connectivity index (χ1n) is 4.57. The molecule has 0 saturated carbocycles. The summed E-state index contributed by atoms with van der Waals surface area (Å²) >= 11 is 5.07. The molecule has 2 atom stereocenters. The molecule has 1 aromatic heterocycles. The normalized spacial score (nSPS) is 27.1. The molecular weight excluding hydrogens is 262 g/mol. The van der Waals surface area contributed by atoms with Crippen molar-refractivity contribution in [2.75, 3.05) is 6.61 Å². The van der Waals surface area contributed by atoms with Gasteiger partial charge >= 0.3 is 0 Å². The second-order valence-corrected chi connectivity index (χ2v) is 5.81. The molecule has 0 aliphatic carbocycles. The molecule has 14 heavy (non-hydrogen) atoms. The third kappa shape index (κ3) is 2.00. The van der Waals surface area contributed by atoms with Crippen LogP contribution >= 0.6 is 27.3 Å². The zero-order valence-corrected chi connectivity index (χ0v) is 9.97. The third-order valence-corrected chi connectivity index (χ3v) is 4.05. The van der Waals surface area contributed by atoms with Gasteiger partial charge in [0.2, 0.25) is 0 Å². The van der Waals surface area contributed by atoms with Crippen LogP contribution < -0.4 is 0 Å². The van der Waals surface area contributed by atoms with E-state index >= 15 is 0 Å². The molecule has 2 nitrogen and oxygen atoms in total. The van der Waals surface area contributed by atoms with E-state index in [2.05, 4.69) is 22.0 Å². The number of nitrogens with zero attached hydrogens (tertiary/aromatic N) is 1. The average Bonchev–Trinajstić information content (AvgIpc) is 2.65. The van der Waals surface area contributed by atoms with Crippen LogP contribution in [-0.4, -0.2) is 6.61 Å². The first-order valence-corrected chi connectivity index (χ1v) is 6.18. The van der Waals surface area contributed by atoms with Crippen LogP contribution in [0.2, 0.25) is 0 Å². The van der Waals surface area contributed by atoms with Gasteiger partial charge in [-0.25, -0.2) is 0 Å². The van der Waals surface area contributed by atoms with Gasteiger partial charge < -0.3 is 4.74 Å². The zero-order valence-electron chi connectivity index (χ0n) is 7.57. The van der Waals surface area contributed by atoms with Gasteiger partial charge in [-0.3, -0.25) is 0 Å². The Balaban J connectivity index is 2.19. The van der Waals surface area contributed by atoms with E-state index in [1.807, 2.05) is 12.1 Å². The van der Waals surface area contributed by atoms with Crippen LogP contribution in [0.25, 0.3) is 0 Å². The lowest BCUT2D eigenvalue weighted by atomic mass is 9.95. The summed E-state index contributed by atoms with van der Waals surface area (Å²) in [5.41, 5.74) is 0. The Morgan fingerprint density at radius 2 is 2.43 bits per heavy atom. The summed E-state index contributed by atoms with van der Waals surface area (Å²) in [5.74, 6) is 0.0225. The van der Waals surface area contributed by atoms with Crippen molar-refractivity contribution in [1.82, 2.24) is 0 Å². The predicted octanol–water partition coefficient (Wildman–Crippen LogP) is 3.50. The maximum Gasteiger partial charge on any atom is 0.107 e. The molecule has 0 bridgehead atoms. The van der Waals surface area contributed by atoms with Gasteiger partial charge in [-0.15, -0.1) is 11.3 Å². The Bertz CT molecular complexity index is 357. The number of thiophene rings is 1. The average molecular weight is 272 g/mol. The Kier molecular flexibility index (Phi) is 3.22. The number of hydrogen-bond donors (Lipinski definition) is 0. The van der Waals surface area contributed by atoms with Crippen LogP contribution in [0.1, 0.15) is 23.8 Å². The topological polar surface area (TPSA) is 33.0 Å². The molecule has 2 unspecified atom stereocenters. The van der Waals surface area contributed by atoms with Crippen molar-refractivity contribution in [3.05, 3.63) is 20.8 Å².